The van der Waals surface area contributed by atoms with Gasteiger partial charge in [0.15, 0.2) is 11.2 Å². The van der Waals surface area contributed by atoms with Gasteiger partial charge < -0.3 is 31.1 Å². The number of halogens is 1. The molecule has 0 bridgehead atoms. The van der Waals surface area contributed by atoms with Gasteiger partial charge in [-0.3, -0.25) is 33.6 Å². The summed E-state index contributed by atoms with van der Waals surface area (Å²) in [5, 5.41) is 23.4. The summed E-state index contributed by atoms with van der Waals surface area (Å²) in [7, 11) is 0. The van der Waals surface area contributed by atoms with E-state index < -0.39 is 77.3 Å². The number of carboxylic acid groups (broad SMARTS) is 2. The van der Waals surface area contributed by atoms with E-state index in [9.17, 15) is 38.7 Å². The molecule has 40 heavy (non-hydrogen) atoms. The SMILES string of the molecule is C[C@H](NC(=O)CCC(=O)O)C(=O)N[C@@H](C)C(=O)N1CCC[C@H]1C(=O)N[C@@H](Cc1ccccc1)C(=O)C(Cl)C(=O)O. The average Bonchev–Trinajstić information content (AvgIpc) is 3.40. The first kappa shape index (κ1) is 32.2. The van der Waals surface area contributed by atoms with Crippen LogP contribution in [0.2, 0.25) is 0 Å². The molecule has 2 rings (SSSR count). The summed E-state index contributed by atoms with van der Waals surface area (Å²) in [4.78, 5) is 86.6. The van der Waals surface area contributed by atoms with E-state index in [0.717, 1.165) is 0 Å². The predicted molar refractivity (Wildman–Crippen MR) is 141 cm³/mol. The fraction of sp³-hybridized carbons (Fsp3) is 0.500. The molecule has 1 aromatic carbocycles. The molecule has 14 heteroatoms. The smallest absolute Gasteiger partial charge is 0.329 e. The zero-order valence-electron chi connectivity index (χ0n) is 22.1. The molecule has 218 valence electrons. The summed E-state index contributed by atoms with van der Waals surface area (Å²) >= 11 is 5.77. The number of likely N-dealkylation sites (tertiary alicyclic amines) is 1. The Morgan fingerprint density at radius 2 is 1.60 bits per heavy atom. The van der Waals surface area contributed by atoms with E-state index in [1.54, 1.807) is 30.3 Å². The van der Waals surface area contributed by atoms with Gasteiger partial charge in [-0.25, -0.2) is 0 Å². The number of hydrogen-bond donors (Lipinski definition) is 5. The Bertz CT molecular complexity index is 1130. The van der Waals surface area contributed by atoms with Crippen molar-refractivity contribution in [3.8, 4) is 0 Å². The Labute approximate surface area is 235 Å². The summed E-state index contributed by atoms with van der Waals surface area (Å²) in [5.41, 5.74) is 0.662. The summed E-state index contributed by atoms with van der Waals surface area (Å²) < 4.78 is 0. The van der Waals surface area contributed by atoms with Gasteiger partial charge in [0.05, 0.1) is 12.5 Å². The van der Waals surface area contributed by atoms with Crippen molar-refractivity contribution in [1.82, 2.24) is 20.9 Å². The van der Waals surface area contributed by atoms with Crippen LogP contribution >= 0.6 is 11.6 Å². The Hall–Kier alpha value is -4.00. The molecule has 0 spiro atoms. The lowest BCUT2D eigenvalue weighted by Gasteiger charge is -2.29. The number of nitrogens with one attached hydrogen (secondary N) is 3. The second-order valence-electron chi connectivity index (χ2n) is 9.46. The van der Waals surface area contributed by atoms with Crippen LogP contribution in [0.5, 0.6) is 0 Å². The van der Waals surface area contributed by atoms with Crippen LogP contribution < -0.4 is 16.0 Å². The number of carbonyl (C=O) groups is 7. The van der Waals surface area contributed by atoms with Gasteiger partial charge in [0, 0.05) is 13.0 Å². The zero-order chi connectivity index (χ0) is 30.0. The van der Waals surface area contributed by atoms with Crippen molar-refractivity contribution in [2.75, 3.05) is 6.54 Å². The number of aliphatic carboxylic acids is 2. The monoisotopic (exact) mass is 580 g/mol. The lowest BCUT2D eigenvalue weighted by atomic mass is 9.99. The Kier molecular flexibility index (Phi) is 12.1. The number of hydrogen-bond acceptors (Lipinski definition) is 7. The molecular formula is C26H33ClN4O9. The van der Waals surface area contributed by atoms with E-state index in [2.05, 4.69) is 16.0 Å². The quantitative estimate of drug-likeness (QED) is 0.146. The normalized spacial score (nSPS) is 17.6. The van der Waals surface area contributed by atoms with Gasteiger partial charge >= 0.3 is 11.9 Å². The third-order valence-electron chi connectivity index (χ3n) is 6.31. The molecule has 0 aliphatic carbocycles. The largest absolute Gasteiger partial charge is 0.481 e. The van der Waals surface area contributed by atoms with Gasteiger partial charge in [-0.05, 0) is 38.7 Å². The topological polar surface area (TPSA) is 199 Å². The first-order valence-electron chi connectivity index (χ1n) is 12.7. The van der Waals surface area contributed by atoms with E-state index in [0.29, 0.717) is 12.0 Å². The molecule has 4 amide bonds. The van der Waals surface area contributed by atoms with Crippen molar-refractivity contribution < 1.29 is 43.8 Å². The second-order valence-corrected chi connectivity index (χ2v) is 9.89. The fourth-order valence-electron chi connectivity index (χ4n) is 4.19. The van der Waals surface area contributed by atoms with Crippen molar-refractivity contribution in [3.63, 3.8) is 0 Å². The molecule has 0 saturated carbocycles. The molecule has 1 fully saturated rings. The van der Waals surface area contributed by atoms with Crippen LogP contribution in [0.4, 0.5) is 0 Å². The van der Waals surface area contributed by atoms with Gasteiger partial charge in [0.25, 0.3) is 0 Å². The van der Waals surface area contributed by atoms with Crippen molar-refractivity contribution >= 4 is 53.0 Å². The van der Waals surface area contributed by atoms with Crippen LogP contribution in [0, 0.1) is 0 Å². The summed E-state index contributed by atoms with van der Waals surface area (Å²) in [6.45, 7) is 3.00. The molecular weight excluding hydrogens is 548 g/mol. The van der Waals surface area contributed by atoms with Gasteiger partial charge in [0.2, 0.25) is 23.6 Å². The highest BCUT2D eigenvalue weighted by Crippen LogP contribution is 2.20. The van der Waals surface area contributed by atoms with E-state index in [4.69, 9.17) is 16.7 Å². The molecule has 1 aromatic rings. The Morgan fingerprint density at radius 1 is 0.950 bits per heavy atom. The van der Waals surface area contributed by atoms with Crippen molar-refractivity contribution in [1.29, 1.82) is 0 Å². The first-order chi connectivity index (χ1) is 18.8. The van der Waals surface area contributed by atoms with E-state index in [1.165, 1.54) is 18.7 Å². The highest BCUT2D eigenvalue weighted by Gasteiger charge is 2.39. The molecule has 5 N–H and O–H groups in total. The van der Waals surface area contributed by atoms with E-state index >= 15 is 0 Å². The maximum atomic E-state index is 13.2. The van der Waals surface area contributed by atoms with Crippen molar-refractivity contribution in [2.24, 2.45) is 0 Å². The lowest BCUT2D eigenvalue weighted by Crippen LogP contribution is -2.57. The van der Waals surface area contributed by atoms with Crippen LogP contribution in [-0.2, 0) is 40.0 Å². The van der Waals surface area contributed by atoms with Gasteiger partial charge in [-0.15, -0.1) is 11.6 Å². The van der Waals surface area contributed by atoms with E-state index in [-0.39, 0.29) is 25.8 Å². The predicted octanol–water partition coefficient (Wildman–Crippen LogP) is -0.160. The minimum Gasteiger partial charge on any atom is -0.481 e. The zero-order valence-corrected chi connectivity index (χ0v) is 22.8. The van der Waals surface area contributed by atoms with Crippen LogP contribution in [0.15, 0.2) is 30.3 Å². The number of carbonyl (C=O) groups excluding carboxylic acids is 5. The number of benzene rings is 1. The van der Waals surface area contributed by atoms with Crippen LogP contribution in [0.25, 0.3) is 0 Å². The maximum Gasteiger partial charge on any atom is 0.329 e. The van der Waals surface area contributed by atoms with Crippen LogP contribution in [0.1, 0.15) is 45.1 Å². The molecule has 0 radical (unpaired) electrons. The molecule has 1 aliphatic rings. The Balaban J connectivity index is 2.05. The third kappa shape index (κ3) is 9.33. The number of amides is 4. The summed E-state index contributed by atoms with van der Waals surface area (Å²) in [6.07, 6.45) is 0.0454. The molecule has 1 aliphatic heterocycles. The van der Waals surface area contributed by atoms with E-state index in [1.807, 2.05) is 0 Å². The molecule has 13 nitrogen and oxygen atoms in total. The van der Waals surface area contributed by atoms with Crippen LogP contribution in [-0.4, -0.2) is 92.6 Å². The van der Waals surface area contributed by atoms with Gasteiger partial charge in [-0.1, -0.05) is 30.3 Å². The standard InChI is InChI=1S/C26H33ClN4O9/c1-14(28-19(32)10-11-20(33)34)23(36)29-15(2)25(38)31-12-6-9-18(31)24(37)30-17(22(35)21(27)26(39)40)13-16-7-4-3-5-8-16/h3-5,7-8,14-15,17-18,21H,6,9-13H2,1-2H3,(H,28,32)(H,29,36)(H,30,37)(H,33,34)(H,39,40)/t14-,15-,17-,18-,21?/m0/s1. The number of Topliss-reactive ketones (excluding diaryl/α,β-unsaturated/α-hetero) is 1. The van der Waals surface area contributed by atoms with Crippen molar-refractivity contribution in [3.05, 3.63) is 35.9 Å². The molecule has 1 saturated heterocycles. The maximum absolute atomic E-state index is 13.2. The third-order valence-corrected chi connectivity index (χ3v) is 6.72. The summed E-state index contributed by atoms with van der Waals surface area (Å²) in [5.74, 6) is -6.15. The summed E-state index contributed by atoms with van der Waals surface area (Å²) in [6, 6.07) is 4.29. The highest BCUT2D eigenvalue weighted by atomic mass is 35.5. The van der Waals surface area contributed by atoms with Crippen molar-refractivity contribution in [2.45, 2.75) is 75.5 Å². The minimum atomic E-state index is -1.88. The average molecular weight is 581 g/mol. The molecule has 1 heterocycles. The number of alkyl halides is 1. The van der Waals surface area contributed by atoms with Crippen LogP contribution in [0.3, 0.4) is 0 Å². The number of ketones is 1. The molecule has 0 aromatic heterocycles. The molecule has 1 unspecified atom stereocenters. The Morgan fingerprint density at radius 3 is 2.20 bits per heavy atom. The lowest BCUT2D eigenvalue weighted by molar-refractivity contribution is -0.143. The second kappa shape index (κ2) is 15.0. The minimum absolute atomic E-state index is 0.00882. The fourth-order valence-corrected chi connectivity index (χ4v) is 4.34. The first-order valence-corrected chi connectivity index (χ1v) is 13.1. The highest BCUT2D eigenvalue weighted by molar-refractivity contribution is 6.41. The number of carboxylic acids is 2. The number of nitrogens with zero attached hydrogens (tertiary/aromatic N) is 1. The molecule has 5 atom stereocenters. The number of rotatable bonds is 14. The van der Waals surface area contributed by atoms with Gasteiger partial charge in [0.1, 0.15) is 18.1 Å². The van der Waals surface area contributed by atoms with Gasteiger partial charge in [-0.2, -0.15) is 0 Å².